The first-order chi connectivity index (χ1) is 10.1. The van der Waals surface area contributed by atoms with Gasteiger partial charge in [-0.05, 0) is 62.8 Å². The molecule has 3 nitrogen and oxygen atoms in total. The molecule has 2 fully saturated rings. The molecular weight excluding hydrogens is 260 g/mol. The maximum Gasteiger partial charge on any atom is 0.225 e. The summed E-state index contributed by atoms with van der Waals surface area (Å²) < 4.78 is 0. The Morgan fingerprint density at radius 2 is 1.95 bits per heavy atom. The van der Waals surface area contributed by atoms with Crippen LogP contribution in [0.2, 0.25) is 0 Å². The molecule has 1 aliphatic carbocycles. The van der Waals surface area contributed by atoms with Crippen molar-refractivity contribution in [1.29, 1.82) is 0 Å². The molecule has 1 aromatic carbocycles. The van der Waals surface area contributed by atoms with Crippen molar-refractivity contribution in [2.75, 3.05) is 18.4 Å². The van der Waals surface area contributed by atoms with Gasteiger partial charge in [0.05, 0.1) is 0 Å². The molecular formula is C18H26N2O. The first-order valence-electron chi connectivity index (χ1n) is 8.26. The van der Waals surface area contributed by atoms with Crippen molar-refractivity contribution >= 4 is 11.6 Å². The number of anilines is 1. The van der Waals surface area contributed by atoms with Crippen molar-refractivity contribution in [2.24, 2.45) is 5.92 Å². The molecule has 1 saturated heterocycles. The van der Waals surface area contributed by atoms with Gasteiger partial charge in [0.15, 0.2) is 0 Å². The van der Waals surface area contributed by atoms with Crippen LogP contribution in [0.3, 0.4) is 0 Å². The maximum atomic E-state index is 12.4. The highest BCUT2D eigenvalue weighted by Gasteiger charge is 2.32. The maximum absolute atomic E-state index is 12.4. The van der Waals surface area contributed by atoms with Crippen LogP contribution in [0.25, 0.3) is 0 Å². The SMILES string of the molecule is Cc1ccc(N[C@@H]2CCCN(C(=O)C3CCC3)C2)cc1C. The number of likely N-dealkylation sites (tertiary alicyclic amines) is 1. The van der Waals surface area contributed by atoms with E-state index in [-0.39, 0.29) is 0 Å². The Labute approximate surface area is 127 Å². The lowest BCUT2D eigenvalue weighted by Crippen LogP contribution is -2.48. The molecule has 2 aliphatic rings. The molecule has 3 heteroatoms. The Balaban J connectivity index is 1.60. The normalized spacial score (nSPS) is 22.8. The molecule has 1 saturated carbocycles. The highest BCUT2D eigenvalue weighted by molar-refractivity contribution is 5.79. The Morgan fingerprint density at radius 1 is 1.14 bits per heavy atom. The number of rotatable bonds is 3. The molecule has 1 N–H and O–H groups in total. The quantitative estimate of drug-likeness (QED) is 0.922. The Kier molecular flexibility index (Phi) is 4.18. The van der Waals surface area contributed by atoms with Gasteiger partial charge in [-0.15, -0.1) is 0 Å². The number of piperidine rings is 1. The van der Waals surface area contributed by atoms with E-state index in [9.17, 15) is 4.79 Å². The number of carbonyl (C=O) groups excluding carboxylic acids is 1. The van der Waals surface area contributed by atoms with Gasteiger partial charge in [0.25, 0.3) is 0 Å². The van der Waals surface area contributed by atoms with E-state index < -0.39 is 0 Å². The van der Waals surface area contributed by atoms with E-state index in [0.717, 1.165) is 38.8 Å². The Bertz CT molecular complexity index is 522. The number of benzene rings is 1. The summed E-state index contributed by atoms with van der Waals surface area (Å²) in [6.07, 6.45) is 5.70. The van der Waals surface area contributed by atoms with Gasteiger partial charge in [-0.2, -0.15) is 0 Å². The fourth-order valence-electron chi connectivity index (χ4n) is 3.28. The van der Waals surface area contributed by atoms with Crippen LogP contribution < -0.4 is 5.32 Å². The molecule has 1 atom stereocenters. The van der Waals surface area contributed by atoms with Crippen LogP contribution in [-0.4, -0.2) is 29.9 Å². The van der Waals surface area contributed by atoms with Gasteiger partial charge < -0.3 is 10.2 Å². The third-order valence-corrected chi connectivity index (χ3v) is 5.07. The van der Waals surface area contributed by atoms with Crippen LogP contribution >= 0.6 is 0 Å². The zero-order valence-electron chi connectivity index (χ0n) is 13.2. The molecule has 0 aromatic heterocycles. The van der Waals surface area contributed by atoms with Gasteiger partial charge in [0.2, 0.25) is 5.91 Å². The summed E-state index contributed by atoms with van der Waals surface area (Å²) in [4.78, 5) is 14.5. The molecule has 1 aromatic rings. The number of carbonyl (C=O) groups is 1. The van der Waals surface area contributed by atoms with Crippen molar-refractivity contribution in [3.63, 3.8) is 0 Å². The van der Waals surface area contributed by atoms with Gasteiger partial charge in [-0.1, -0.05) is 12.5 Å². The molecule has 1 amide bonds. The standard InChI is InChI=1S/C18H26N2O/c1-13-8-9-16(11-14(13)2)19-17-7-4-10-20(12-17)18(21)15-5-3-6-15/h8-9,11,15,17,19H,3-7,10,12H2,1-2H3/t17-/m1/s1. The Morgan fingerprint density at radius 3 is 2.62 bits per heavy atom. The number of hydrogen-bond donors (Lipinski definition) is 1. The second-order valence-corrected chi connectivity index (χ2v) is 6.69. The summed E-state index contributed by atoms with van der Waals surface area (Å²) in [5.41, 5.74) is 3.82. The fraction of sp³-hybridized carbons (Fsp3) is 0.611. The molecule has 1 heterocycles. The minimum absolute atomic E-state index is 0.324. The average Bonchev–Trinajstić information content (AvgIpc) is 2.41. The highest BCUT2D eigenvalue weighted by atomic mass is 16.2. The predicted octanol–water partition coefficient (Wildman–Crippen LogP) is 3.51. The minimum atomic E-state index is 0.324. The summed E-state index contributed by atoms with van der Waals surface area (Å²) in [7, 11) is 0. The van der Waals surface area contributed by atoms with Gasteiger partial charge in [0.1, 0.15) is 0 Å². The topological polar surface area (TPSA) is 32.3 Å². The fourth-order valence-corrected chi connectivity index (χ4v) is 3.28. The number of aryl methyl sites for hydroxylation is 2. The number of nitrogens with zero attached hydrogens (tertiary/aromatic N) is 1. The molecule has 21 heavy (non-hydrogen) atoms. The second-order valence-electron chi connectivity index (χ2n) is 6.69. The van der Waals surface area contributed by atoms with Crippen molar-refractivity contribution in [3.8, 4) is 0 Å². The predicted molar refractivity (Wildman–Crippen MR) is 86.5 cm³/mol. The summed E-state index contributed by atoms with van der Waals surface area (Å²) in [6.45, 7) is 6.09. The molecule has 0 radical (unpaired) electrons. The first kappa shape index (κ1) is 14.4. The van der Waals surface area contributed by atoms with Crippen LogP contribution in [0.5, 0.6) is 0 Å². The van der Waals surface area contributed by atoms with Crippen molar-refractivity contribution in [3.05, 3.63) is 29.3 Å². The van der Waals surface area contributed by atoms with Gasteiger partial charge in [-0.3, -0.25) is 4.79 Å². The molecule has 1 aliphatic heterocycles. The second kappa shape index (κ2) is 6.08. The molecule has 0 spiro atoms. The molecule has 3 rings (SSSR count). The summed E-state index contributed by atoms with van der Waals surface area (Å²) >= 11 is 0. The zero-order valence-corrected chi connectivity index (χ0v) is 13.2. The van der Waals surface area contributed by atoms with Crippen LogP contribution in [0.1, 0.15) is 43.2 Å². The van der Waals surface area contributed by atoms with Crippen LogP contribution in [-0.2, 0) is 4.79 Å². The Hall–Kier alpha value is -1.51. The molecule has 0 bridgehead atoms. The van der Waals surface area contributed by atoms with Crippen LogP contribution in [0.4, 0.5) is 5.69 Å². The van der Waals surface area contributed by atoms with Crippen molar-refractivity contribution in [1.82, 2.24) is 4.90 Å². The first-order valence-corrected chi connectivity index (χ1v) is 8.26. The highest BCUT2D eigenvalue weighted by Crippen LogP contribution is 2.29. The summed E-state index contributed by atoms with van der Waals surface area (Å²) in [6, 6.07) is 6.92. The van der Waals surface area contributed by atoms with Crippen LogP contribution in [0, 0.1) is 19.8 Å². The lowest BCUT2D eigenvalue weighted by molar-refractivity contribution is -0.139. The smallest absolute Gasteiger partial charge is 0.225 e. The monoisotopic (exact) mass is 286 g/mol. The number of hydrogen-bond acceptors (Lipinski definition) is 2. The third kappa shape index (κ3) is 3.22. The summed E-state index contributed by atoms with van der Waals surface area (Å²) in [5.74, 6) is 0.721. The van der Waals surface area contributed by atoms with Crippen molar-refractivity contribution in [2.45, 2.75) is 52.0 Å². The van der Waals surface area contributed by atoms with E-state index in [0.29, 0.717) is 17.9 Å². The number of nitrogens with one attached hydrogen (secondary N) is 1. The van der Waals surface area contributed by atoms with E-state index in [4.69, 9.17) is 0 Å². The van der Waals surface area contributed by atoms with E-state index >= 15 is 0 Å². The van der Waals surface area contributed by atoms with Gasteiger partial charge >= 0.3 is 0 Å². The lowest BCUT2D eigenvalue weighted by Gasteiger charge is -2.37. The zero-order chi connectivity index (χ0) is 14.8. The van der Waals surface area contributed by atoms with Crippen LogP contribution in [0.15, 0.2) is 18.2 Å². The van der Waals surface area contributed by atoms with E-state index in [1.54, 1.807) is 0 Å². The van der Waals surface area contributed by atoms with E-state index in [1.165, 1.54) is 23.2 Å². The largest absolute Gasteiger partial charge is 0.381 e. The van der Waals surface area contributed by atoms with E-state index in [2.05, 4.69) is 42.3 Å². The average molecular weight is 286 g/mol. The van der Waals surface area contributed by atoms with E-state index in [1.807, 2.05) is 0 Å². The van der Waals surface area contributed by atoms with Gasteiger partial charge in [-0.25, -0.2) is 0 Å². The number of amides is 1. The van der Waals surface area contributed by atoms with Gasteiger partial charge in [0, 0.05) is 30.7 Å². The summed E-state index contributed by atoms with van der Waals surface area (Å²) in [5, 5.41) is 3.61. The van der Waals surface area contributed by atoms with Crippen molar-refractivity contribution < 1.29 is 4.79 Å². The molecule has 0 unspecified atom stereocenters. The molecule has 114 valence electrons. The third-order valence-electron chi connectivity index (χ3n) is 5.07. The lowest BCUT2D eigenvalue weighted by atomic mass is 9.84. The minimum Gasteiger partial charge on any atom is -0.381 e.